The SMILES string of the molecule is CCc1cc(Br)c2[nH]c(=O)cc(C(=O)O)c2c1. The van der Waals surface area contributed by atoms with Crippen LogP contribution in [-0.2, 0) is 6.42 Å². The minimum atomic E-state index is -1.10. The Balaban J connectivity index is 2.94. The van der Waals surface area contributed by atoms with E-state index in [0.29, 0.717) is 15.4 Å². The van der Waals surface area contributed by atoms with Gasteiger partial charge in [0.15, 0.2) is 0 Å². The number of benzene rings is 1. The number of aromatic nitrogens is 1. The summed E-state index contributed by atoms with van der Waals surface area (Å²) in [6.07, 6.45) is 0.798. The number of carbonyl (C=O) groups is 1. The van der Waals surface area contributed by atoms with Crippen LogP contribution in [0.5, 0.6) is 0 Å². The van der Waals surface area contributed by atoms with E-state index in [1.807, 2.05) is 13.0 Å². The number of rotatable bonds is 2. The van der Waals surface area contributed by atoms with Crippen molar-refractivity contribution in [3.05, 3.63) is 44.2 Å². The number of hydrogen-bond donors (Lipinski definition) is 2. The molecule has 88 valence electrons. The van der Waals surface area contributed by atoms with Crippen LogP contribution in [0.15, 0.2) is 27.5 Å². The van der Waals surface area contributed by atoms with Gasteiger partial charge in [-0.15, -0.1) is 0 Å². The Morgan fingerprint density at radius 2 is 2.12 bits per heavy atom. The molecule has 1 aromatic heterocycles. The van der Waals surface area contributed by atoms with Crippen molar-refractivity contribution in [1.82, 2.24) is 4.98 Å². The summed E-state index contributed by atoms with van der Waals surface area (Å²) in [5.41, 5.74) is 1.14. The average molecular weight is 296 g/mol. The highest BCUT2D eigenvalue weighted by atomic mass is 79.9. The van der Waals surface area contributed by atoms with E-state index in [4.69, 9.17) is 5.11 Å². The van der Waals surface area contributed by atoms with Crippen molar-refractivity contribution in [2.24, 2.45) is 0 Å². The van der Waals surface area contributed by atoms with E-state index in [9.17, 15) is 9.59 Å². The summed E-state index contributed by atoms with van der Waals surface area (Å²) in [6.45, 7) is 1.99. The Hall–Kier alpha value is -1.62. The van der Waals surface area contributed by atoms with Crippen LogP contribution < -0.4 is 5.56 Å². The highest BCUT2D eigenvalue weighted by molar-refractivity contribution is 9.10. The molecule has 0 unspecified atom stereocenters. The molecule has 2 N–H and O–H groups in total. The zero-order valence-electron chi connectivity index (χ0n) is 9.08. The second kappa shape index (κ2) is 4.33. The fraction of sp³-hybridized carbons (Fsp3) is 0.167. The lowest BCUT2D eigenvalue weighted by molar-refractivity contribution is 0.0699. The second-order valence-electron chi connectivity index (χ2n) is 3.71. The van der Waals surface area contributed by atoms with Crippen molar-refractivity contribution >= 4 is 32.8 Å². The van der Waals surface area contributed by atoms with Gasteiger partial charge in [0.05, 0.1) is 11.1 Å². The third-order valence-corrected chi connectivity index (χ3v) is 3.23. The first-order chi connectivity index (χ1) is 8.02. The minimum Gasteiger partial charge on any atom is -0.478 e. The molecule has 1 heterocycles. The molecule has 0 aliphatic carbocycles. The van der Waals surface area contributed by atoms with Crippen molar-refractivity contribution in [3.63, 3.8) is 0 Å². The molecule has 0 atom stereocenters. The first-order valence-electron chi connectivity index (χ1n) is 5.11. The summed E-state index contributed by atoms with van der Waals surface area (Å²) in [7, 11) is 0. The van der Waals surface area contributed by atoms with Crippen LogP contribution in [0.4, 0.5) is 0 Å². The van der Waals surface area contributed by atoms with Gasteiger partial charge >= 0.3 is 5.97 Å². The van der Waals surface area contributed by atoms with Gasteiger partial charge in [0.1, 0.15) is 0 Å². The van der Waals surface area contributed by atoms with Gasteiger partial charge in [-0.05, 0) is 40.0 Å². The van der Waals surface area contributed by atoms with Crippen molar-refractivity contribution < 1.29 is 9.90 Å². The van der Waals surface area contributed by atoms with Crippen molar-refractivity contribution in [2.45, 2.75) is 13.3 Å². The molecule has 0 bridgehead atoms. The third-order valence-electron chi connectivity index (χ3n) is 2.60. The van der Waals surface area contributed by atoms with Gasteiger partial charge in [0, 0.05) is 15.9 Å². The maximum absolute atomic E-state index is 11.4. The molecule has 0 saturated heterocycles. The molecule has 0 saturated carbocycles. The normalized spacial score (nSPS) is 10.7. The molecule has 0 radical (unpaired) electrons. The molecule has 5 heteroatoms. The molecule has 0 fully saturated rings. The number of aromatic amines is 1. The number of aromatic carboxylic acids is 1. The standard InChI is InChI=1S/C12H10BrNO3/c1-2-6-3-7-8(12(16)17)5-10(15)14-11(7)9(13)4-6/h3-5H,2H2,1H3,(H,14,15)(H,16,17). The Morgan fingerprint density at radius 3 is 2.71 bits per heavy atom. The molecular weight excluding hydrogens is 286 g/mol. The highest BCUT2D eigenvalue weighted by Gasteiger charge is 2.12. The van der Waals surface area contributed by atoms with Gasteiger partial charge in [0.25, 0.3) is 0 Å². The van der Waals surface area contributed by atoms with Gasteiger partial charge in [0.2, 0.25) is 5.56 Å². The van der Waals surface area contributed by atoms with E-state index in [2.05, 4.69) is 20.9 Å². The van der Waals surface area contributed by atoms with E-state index in [-0.39, 0.29) is 5.56 Å². The zero-order valence-corrected chi connectivity index (χ0v) is 10.7. The molecule has 1 aromatic carbocycles. The Labute approximate surface area is 105 Å². The molecule has 2 aromatic rings. The Kier molecular flexibility index (Phi) is 3.02. The molecule has 17 heavy (non-hydrogen) atoms. The number of aryl methyl sites for hydroxylation is 1. The van der Waals surface area contributed by atoms with Gasteiger partial charge < -0.3 is 10.1 Å². The number of carboxylic acids is 1. The molecule has 0 aliphatic rings. The van der Waals surface area contributed by atoms with Crippen LogP contribution in [0, 0.1) is 0 Å². The van der Waals surface area contributed by atoms with E-state index in [1.165, 1.54) is 0 Å². The van der Waals surface area contributed by atoms with E-state index in [1.54, 1.807) is 6.07 Å². The van der Waals surface area contributed by atoms with Gasteiger partial charge in [-0.1, -0.05) is 6.92 Å². The number of halogens is 1. The largest absolute Gasteiger partial charge is 0.478 e. The predicted octanol–water partition coefficient (Wildman–Crippen LogP) is 2.55. The van der Waals surface area contributed by atoms with Gasteiger partial charge in [-0.2, -0.15) is 0 Å². The number of carboxylic acid groups (broad SMARTS) is 1. The lowest BCUT2D eigenvalue weighted by Gasteiger charge is -2.06. The monoisotopic (exact) mass is 295 g/mol. The van der Waals surface area contributed by atoms with Crippen molar-refractivity contribution in [1.29, 1.82) is 0 Å². The predicted molar refractivity (Wildman–Crippen MR) is 68.6 cm³/mol. The molecule has 4 nitrogen and oxygen atoms in total. The number of nitrogens with one attached hydrogen (secondary N) is 1. The lowest BCUT2D eigenvalue weighted by atomic mass is 10.0. The average Bonchev–Trinajstić information content (AvgIpc) is 2.28. The molecule has 0 spiro atoms. The van der Waals surface area contributed by atoms with Crippen LogP contribution in [0.25, 0.3) is 10.9 Å². The minimum absolute atomic E-state index is 0.0275. The fourth-order valence-electron chi connectivity index (χ4n) is 1.75. The number of H-pyrrole nitrogens is 1. The second-order valence-corrected chi connectivity index (χ2v) is 4.56. The highest BCUT2D eigenvalue weighted by Crippen LogP contribution is 2.26. The summed E-state index contributed by atoms with van der Waals surface area (Å²) in [6, 6.07) is 4.78. The summed E-state index contributed by atoms with van der Waals surface area (Å²) < 4.78 is 0.701. The Morgan fingerprint density at radius 1 is 1.41 bits per heavy atom. The third kappa shape index (κ3) is 2.10. The van der Waals surface area contributed by atoms with Gasteiger partial charge in [-0.3, -0.25) is 4.79 Å². The van der Waals surface area contributed by atoms with Crippen molar-refractivity contribution in [2.75, 3.05) is 0 Å². The summed E-state index contributed by atoms with van der Waals surface area (Å²) >= 11 is 3.34. The van der Waals surface area contributed by atoms with Crippen LogP contribution >= 0.6 is 15.9 Å². The van der Waals surface area contributed by atoms with Gasteiger partial charge in [-0.25, -0.2) is 4.79 Å². The first kappa shape index (κ1) is 11.9. The molecule has 0 aliphatic heterocycles. The van der Waals surface area contributed by atoms with E-state index in [0.717, 1.165) is 18.1 Å². The molecule has 2 rings (SSSR count). The molecular formula is C12H10BrNO3. The van der Waals surface area contributed by atoms with Crippen LogP contribution in [0.2, 0.25) is 0 Å². The zero-order chi connectivity index (χ0) is 12.6. The molecule has 0 amide bonds. The maximum atomic E-state index is 11.4. The van der Waals surface area contributed by atoms with Crippen LogP contribution in [0.1, 0.15) is 22.8 Å². The summed E-state index contributed by atoms with van der Waals surface area (Å²) in [4.78, 5) is 25.1. The van der Waals surface area contributed by atoms with Crippen LogP contribution in [-0.4, -0.2) is 16.1 Å². The summed E-state index contributed by atoms with van der Waals surface area (Å²) in [5.74, 6) is -1.10. The van der Waals surface area contributed by atoms with Crippen molar-refractivity contribution in [3.8, 4) is 0 Å². The maximum Gasteiger partial charge on any atom is 0.336 e. The Bertz CT molecular complexity index is 661. The summed E-state index contributed by atoms with van der Waals surface area (Å²) in [5, 5.41) is 9.64. The first-order valence-corrected chi connectivity index (χ1v) is 5.91. The number of fused-ring (bicyclic) bond motifs is 1. The topological polar surface area (TPSA) is 70.2 Å². The number of pyridine rings is 1. The van der Waals surface area contributed by atoms with E-state index < -0.39 is 11.5 Å². The van der Waals surface area contributed by atoms with E-state index >= 15 is 0 Å². The van der Waals surface area contributed by atoms with Crippen LogP contribution in [0.3, 0.4) is 0 Å². The smallest absolute Gasteiger partial charge is 0.336 e. The lowest BCUT2D eigenvalue weighted by Crippen LogP contribution is -2.10. The fourth-order valence-corrected chi connectivity index (χ4v) is 2.36. The number of hydrogen-bond acceptors (Lipinski definition) is 2. The quantitative estimate of drug-likeness (QED) is 0.894.